The lowest BCUT2D eigenvalue weighted by molar-refractivity contribution is 0.0464. The van der Waals surface area contributed by atoms with Crippen molar-refractivity contribution in [3.63, 3.8) is 0 Å². The Morgan fingerprint density at radius 3 is 2.45 bits per heavy atom. The average Bonchev–Trinajstić information content (AvgIpc) is 2.29. The van der Waals surface area contributed by atoms with Gasteiger partial charge < -0.3 is 10.2 Å². The maximum atomic E-state index is 11.5. The van der Waals surface area contributed by atoms with E-state index in [-0.39, 0.29) is 6.61 Å². The Bertz CT molecular complexity index is 488. The topological polar surface area (TPSA) is 60.8 Å². The van der Waals surface area contributed by atoms with E-state index >= 15 is 0 Å². The summed E-state index contributed by atoms with van der Waals surface area (Å²) in [6.07, 6.45) is -0.626. The molecule has 1 amide bonds. The summed E-state index contributed by atoms with van der Waals surface area (Å²) in [6, 6.07) is 4.83. The van der Waals surface area contributed by atoms with E-state index in [9.17, 15) is 15.0 Å². The monoisotopic (exact) mass is 363 g/mol. The fraction of sp³-hybridized carbons (Fsp3) is 0.500. The van der Waals surface area contributed by atoms with Crippen LogP contribution in [-0.2, 0) is 6.42 Å². The van der Waals surface area contributed by atoms with E-state index in [0.717, 1.165) is 10.0 Å². The van der Waals surface area contributed by atoms with Crippen molar-refractivity contribution in [2.45, 2.75) is 38.8 Å². The van der Waals surface area contributed by atoms with E-state index in [0.29, 0.717) is 11.4 Å². The van der Waals surface area contributed by atoms with Crippen LogP contribution in [0.3, 0.4) is 0 Å². The fourth-order valence-electron chi connectivity index (χ4n) is 2.17. The second-order valence-electron chi connectivity index (χ2n) is 5.60. The molecule has 0 aliphatic heterocycles. The molecule has 0 aliphatic carbocycles. The Morgan fingerprint density at radius 1 is 1.45 bits per heavy atom. The third-order valence-electron chi connectivity index (χ3n) is 2.98. The summed E-state index contributed by atoms with van der Waals surface area (Å²) in [5, 5.41) is 19.6. The molecule has 4 nitrogen and oxygen atoms in total. The quantitative estimate of drug-likeness (QED) is 0.854. The molecule has 0 bridgehead atoms. The van der Waals surface area contributed by atoms with Crippen molar-refractivity contribution in [2.24, 2.45) is 0 Å². The zero-order chi connectivity index (χ0) is 15.5. The lowest BCUT2D eigenvalue weighted by atomic mass is 9.99. The lowest BCUT2D eigenvalue weighted by Crippen LogP contribution is -2.53. The van der Waals surface area contributed by atoms with Gasteiger partial charge in [0.2, 0.25) is 0 Å². The zero-order valence-electron chi connectivity index (χ0n) is 11.7. The van der Waals surface area contributed by atoms with Crippen LogP contribution in [0.15, 0.2) is 22.7 Å². The van der Waals surface area contributed by atoms with Crippen LogP contribution >= 0.6 is 27.5 Å². The summed E-state index contributed by atoms with van der Waals surface area (Å²) < 4.78 is 0.808. The number of amides is 1. The van der Waals surface area contributed by atoms with Gasteiger partial charge in [0.1, 0.15) is 0 Å². The smallest absolute Gasteiger partial charge is 0.408 e. The van der Waals surface area contributed by atoms with Crippen molar-refractivity contribution in [1.29, 1.82) is 0 Å². The number of benzene rings is 1. The fourth-order valence-corrected chi connectivity index (χ4v) is 3.01. The summed E-state index contributed by atoms with van der Waals surface area (Å²) in [5.41, 5.74) is 0.321. The van der Waals surface area contributed by atoms with E-state index in [1.807, 2.05) is 6.07 Å². The number of nitrogens with zero attached hydrogens (tertiary/aromatic N) is 1. The number of halogens is 2. The molecule has 1 aromatic rings. The van der Waals surface area contributed by atoms with Crippen LogP contribution in [0, 0.1) is 0 Å². The second-order valence-corrected chi connectivity index (χ2v) is 6.89. The number of hydrogen-bond donors (Lipinski definition) is 2. The molecule has 0 radical (unpaired) electrons. The number of aliphatic hydroxyl groups is 1. The highest BCUT2D eigenvalue weighted by Gasteiger charge is 2.33. The Balaban J connectivity index is 3.03. The minimum absolute atomic E-state index is 0.237. The Kier molecular flexibility index (Phi) is 5.86. The standard InChI is InChI=1S/C14H19BrClNO3/c1-14(2,3)17(13(19)20)11(8-18)6-9-4-5-10(16)7-12(9)15/h4-5,7,11,18H,6,8H2,1-3H3,(H,19,20). The molecule has 0 spiro atoms. The summed E-state index contributed by atoms with van der Waals surface area (Å²) >= 11 is 9.30. The van der Waals surface area contributed by atoms with Crippen LogP contribution in [0.25, 0.3) is 0 Å². The first-order valence-electron chi connectivity index (χ1n) is 6.24. The molecule has 1 atom stereocenters. The molecule has 112 valence electrons. The SMILES string of the molecule is CC(C)(C)N(C(=O)O)C(CO)Cc1ccc(Cl)cc1Br. The Hall–Kier alpha value is -0.780. The highest BCUT2D eigenvalue weighted by atomic mass is 79.9. The van der Waals surface area contributed by atoms with E-state index in [4.69, 9.17) is 11.6 Å². The van der Waals surface area contributed by atoms with Crippen LogP contribution < -0.4 is 0 Å². The number of aliphatic hydroxyl groups excluding tert-OH is 1. The number of rotatable bonds is 4. The second kappa shape index (κ2) is 6.78. The van der Waals surface area contributed by atoms with E-state index < -0.39 is 17.7 Å². The lowest BCUT2D eigenvalue weighted by Gasteiger charge is -2.39. The van der Waals surface area contributed by atoms with Gasteiger partial charge in [-0.25, -0.2) is 4.79 Å². The van der Waals surface area contributed by atoms with Gasteiger partial charge in [-0.3, -0.25) is 4.90 Å². The van der Waals surface area contributed by atoms with Gasteiger partial charge in [-0.15, -0.1) is 0 Å². The van der Waals surface area contributed by atoms with Gasteiger partial charge in [0, 0.05) is 15.0 Å². The summed E-state index contributed by atoms with van der Waals surface area (Å²) in [5.74, 6) is 0. The Morgan fingerprint density at radius 2 is 2.05 bits per heavy atom. The zero-order valence-corrected chi connectivity index (χ0v) is 14.1. The minimum atomic E-state index is -1.04. The van der Waals surface area contributed by atoms with Gasteiger partial charge in [-0.05, 0) is 44.9 Å². The normalized spacial score (nSPS) is 13.1. The third kappa shape index (κ3) is 4.36. The molecular formula is C14H19BrClNO3. The molecular weight excluding hydrogens is 346 g/mol. The molecule has 0 aromatic heterocycles. The first-order chi connectivity index (χ1) is 9.16. The molecule has 0 aliphatic rings. The maximum absolute atomic E-state index is 11.5. The van der Waals surface area contributed by atoms with Gasteiger partial charge in [0.25, 0.3) is 0 Å². The van der Waals surface area contributed by atoms with Crippen molar-refractivity contribution in [3.05, 3.63) is 33.3 Å². The molecule has 0 heterocycles. The molecule has 1 aromatic carbocycles. The average molecular weight is 365 g/mol. The maximum Gasteiger partial charge on any atom is 0.408 e. The van der Waals surface area contributed by atoms with Crippen molar-refractivity contribution in [2.75, 3.05) is 6.61 Å². The van der Waals surface area contributed by atoms with Crippen LogP contribution in [0.5, 0.6) is 0 Å². The minimum Gasteiger partial charge on any atom is -0.465 e. The van der Waals surface area contributed by atoms with Crippen molar-refractivity contribution < 1.29 is 15.0 Å². The van der Waals surface area contributed by atoms with Gasteiger partial charge in [-0.2, -0.15) is 0 Å². The largest absolute Gasteiger partial charge is 0.465 e. The molecule has 0 fully saturated rings. The van der Waals surface area contributed by atoms with E-state index in [2.05, 4.69) is 15.9 Å². The molecule has 6 heteroatoms. The van der Waals surface area contributed by atoms with Gasteiger partial charge in [-0.1, -0.05) is 33.6 Å². The Labute approximate surface area is 132 Å². The molecule has 2 N–H and O–H groups in total. The van der Waals surface area contributed by atoms with Gasteiger partial charge in [0.05, 0.1) is 12.6 Å². The van der Waals surface area contributed by atoms with Crippen LogP contribution in [-0.4, -0.2) is 39.4 Å². The van der Waals surface area contributed by atoms with Crippen LogP contribution in [0.1, 0.15) is 26.3 Å². The number of carboxylic acid groups (broad SMARTS) is 1. The summed E-state index contributed by atoms with van der Waals surface area (Å²) in [4.78, 5) is 12.7. The number of carbonyl (C=O) groups is 1. The molecule has 0 saturated heterocycles. The van der Waals surface area contributed by atoms with Crippen molar-refractivity contribution in [3.8, 4) is 0 Å². The predicted molar refractivity (Wildman–Crippen MR) is 83.3 cm³/mol. The number of hydrogen-bond acceptors (Lipinski definition) is 2. The highest BCUT2D eigenvalue weighted by molar-refractivity contribution is 9.10. The van der Waals surface area contributed by atoms with Crippen LogP contribution in [0.4, 0.5) is 4.79 Å². The molecule has 1 unspecified atom stereocenters. The summed E-state index contributed by atoms with van der Waals surface area (Å²) in [7, 11) is 0. The van der Waals surface area contributed by atoms with Gasteiger partial charge in [0.15, 0.2) is 0 Å². The molecule has 1 rings (SSSR count). The third-order valence-corrected chi connectivity index (χ3v) is 3.95. The van der Waals surface area contributed by atoms with Gasteiger partial charge >= 0.3 is 6.09 Å². The van der Waals surface area contributed by atoms with Crippen molar-refractivity contribution >= 4 is 33.6 Å². The summed E-state index contributed by atoms with van der Waals surface area (Å²) in [6.45, 7) is 5.18. The molecule has 0 saturated carbocycles. The van der Waals surface area contributed by atoms with E-state index in [1.54, 1.807) is 32.9 Å². The van der Waals surface area contributed by atoms with Crippen molar-refractivity contribution in [1.82, 2.24) is 4.90 Å². The first-order valence-corrected chi connectivity index (χ1v) is 7.41. The first kappa shape index (κ1) is 17.3. The van der Waals surface area contributed by atoms with E-state index in [1.165, 1.54) is 4.90 Å². The predicted octanol–water partition coefficient (Wildman–Crippen LogP) is 3.78. The van der Waals surface area contributed by atoms with Crippen LogP contribution in [0.2, 0.25) is 5.02 Å². The molecule has 20 heavy (non-hydrogen) atoms. The highest BCUT2D eigenvalue weighted by Crippen LogP contribution is 2.26.